The van der Waals surface area contributed by atoms with Gasteiger partial charge in [0, 0.05) is 49.8 Å². The van der Waals surface area contributed by atoms with Gasteiger partial charge in [-0.15, -0.1) is 10.2 Å². The first kappa shape index (κ1) is 18.4. The predicted octanol–water partition coefficient (Wildman–Crippen LogP) is 3.55. The zero-order valence-electron chi connectivity index (χ0n) is 15.7. The molecule has 1 aliphatic heterocycles. The first-order valence-electron chi connectivity index (χ1n) is 9.79. The van der Waals surface area contributed by atoms with Crippen molar-refractivity contribution in [2.45, 2.75) is 37.2 Å². The number of alkyl halides is 2. The average Bonchev–Trinajstić information content (AvgIpc) is 3.12. The van der Waals surface area contributed by atoms with Crippen molar-refractivity contribution in [3.63, 3.8) is 0 Å². The van der Waals surface area contributed by atoms with Gasteiger partial charge in [-0.1, -0.05) is 12.1 Å². The second-order valence-electron chi connectivity index (χ2n) is 8.12. The molecule has 1 N–H and O–H groups in total. The molecule has 1 unspecified atom stereocenters. The van der Waals surface area contributed by atoms with Gasteiger partial charge < -0.3 is 10.0 Å². The van der Waals surface area contributed by atoms with Crippen LogP contribution in [0.15, 0.2) is 42.6 Å². The maximum atomic E-state index is 13.2. The van der Waals surface area contributed by atoms with Gasteiger partial charge in [0.15, 0.2) is 5.65 Å². The van der Waals surface area contributed by atoms with E-state index in [1.165, 1.54) is 12.1 Å². The number of hydrogen-bond donors (Lipinski definition) is 1. The molecular formula is C21H21F3N4O. The largest absolute Gasteiger partial charge is 0.385 e. The summed E-state index contributed by atoms with van der Waals surface area (Å²) in [6.07, 6.45) is 3.02. The Kier molecular flexibility index (Phi) is 4.10. The molecular weight excluding hydrogens is 381 g/mol. The summed E-state index contributed by atoms with van der Waals surface area (Å²) < 4.78 is 41.3. The molecule has 152 valence electrons. The number of hydrogen-bond acceptors (Lipinski definition) is 4. The maximum absolute atomic E-state index is 13.2. The number of halogens is 3. The summed E-state index contributed by atoms with van der Waals surface area (Å²) in [4.78, 5) is 2.15. The molecule has 1 aromatic carbocycles. The summed E-state index contributed by atoms with van der Waals surface area (Å²) in [6, 6.07) is 9.83. The second kappa shape index (κ2) is 6.45. The van der Waals surface area contributed by atoms with Crippen molar-refractivity contribution in [2.24, 2.45) is 5.92 Å². The lowest BCUT2D eigenvalue weighted by molar-refractivity contribution is 0.0117. The lowest BCUT2D eigenvalue weighted by atomic mass is 9.84. The van der Waals surface area contributed by atoms with Gasteiger partial charge in [-0.2, -0.15) is 0 Å². The summed E-state index contributed by atoms with van der Waals surface area (Å²) in [6.45, 7) is 1.28. The van der Waals surface area contributed by atoms with E-state index in [4.69, 9.17) is 0 Å². The minimum absolute atomic E-state index is 0.0786. The monoisotopic (exact) mass is 402 g/mol. The number of fused-ring (bicyclic) bond motifs is 1. The lowest BCUT2D eigenvalue weighted by Gasteiger charge is -2.39. The van der Waals surface area contributed by atoms with E-state index in [1.807, 2.05) is 18.3 Å². The Morgan fingerprint density at radius 2 is 1.76 bits per heavy atom. The van der Waals surface area contributed by atoms with Crippen LogP contribution in [0.25, 0.3) is 5.65 Å². The van der Waals surface area contributed by atoms with Gasteiger partial charge in [0.05, 0.1) is 5.60 Å². The van der Waals surface area contributed by atoms with Crippen molar-refractivity contribution in [1.29, 1.82) is 0 Å². The first-order chi connectivity index (χ1) is 13.8. The number of pyridine rings is 1. The molecule has 1 saturated heterocycles. The number of aliphatic hydroxyl groups is 1. The standard InChI is InChI=1S/C21H21F3N4O/c22-16-3-1-14(2-4-16)20(29)6-9-27(10-7-20)17-5-8-28-18(25-26-19(28)12-17)11-15-13-21(15,23)24/h1-5,8,12,15,29H,6-7,9-11,13H2. The third kappa shape index (κ3) is 3.35. The molecule has 29 heavy (non-hydrogen) atoms. The van der Waals surface area contributed by atoms with Crippen LogP contribution in [0.4, 0.5) is 18.9 Å². The third-order valence-corrected chi connectivity index (χ3v) is 6.19. The Hall–Kier alpha value is -2.61. The molecule has 2 aromatic heterocycles. The van der Waals surface area contributed by atoms with Crippen LogP contribution < -0.4 is 4.90 Å². The molecule has 0 amide bonds. The van der Waals surface area contributed by atoms with Gasteiger partial charge in [0.1, 0.15) is 11.6 Å². The highest BCUT2D eigenvalue weighted by molar-refractivity contribution is 5.56. The Morgan fingerprint density at radius 3 is 2.41 bits per heavy atom. The molecule has 8 heteroatoms. The van der Waals surface area contributed by atoms with Crippen LogP contribution in [0, 0.1) is 11.7 Å². The first-order valence-corrected chi connectivity index (χ1v) is 9.79. The van der Waals surface area contributed by atoms with Crippen LogP contribution in [0.1, 0.15) is 30.7 Å². The van der Waals surface area contributed by atoms with Crippen molar-refractivity contribution in [3.8, 4) is 0 Å². The molecule has 1 saturated carbocycles. The Balaban J connectivity index is 1.30. The fraction of sp³-hybridized carbons (Fsp3) is 0.429. The van der Waals surface area contributed by atoms with Crippen molar-refractivity contribution in [3.05, 3.63) is 59.8 Å². The van der Waals surface area contributed by atoms with Crippen LogP contribution in [0.3, 0.4) is 0 Å². The zero-order chi connectivity index (χ0) is 20.2. The van der Waals surface area contributed by atoms with Crippen LogP contribution in [-0.2, 0) is 12.0 Å². The molecule has 2 aliphatic rings. The molecule has 0 bridgehead atoms. The number of rotatable bonds is 4. The summed E-state index contributed by atoms with van der Waals surface area (Å²) in [5.74, 6) is -2.97. The molecule has 5 rings (SSSR count). The number of anilines is 1. The lowest BCUT2D eigenvalue weighted by Crippen LogP contribution is -2.42. The highest BCUT2D eigenvalue weighted by Gasteiger charge is 2.56. The molecule has 3 heterocycles. The minimum atomic E-state index is -2.57. The molecule has 1 atom stereocenters. The normalized spacial score (nSPS) is 22.8. The Bertz CT molecular complexity index is 1040. The maximum Gasteiger partial charge on any atom is 0.252 e. The van der Waals surface area contributed by atoms with Crippen molar-refractivity contribution in [1.82, 2.24) is 14.6 Å². The van der Waals surface area contributed by atoms with E-state index >= 15 is 0 Å². The smallest absolute Gasteiger partial charge is 0.252 e. The molecule has 0 radical (unpaired) electrons. The number of aromatic nitrogens is 3. The SMILES string of the molecule is OC1(c2ccc(F)cc2)CCN(c2ccn3c(CC4CC4(F)F)nnc3c2)CC1. The molecule has 0 spiro atoms. The van der Waals surface area contributed by atoms with E-state index < -0.39 is 17.4 Å². The third-order valence-electron chi connectivity index (χ3n) is 6.19. The summed E-state index contributed by atoms with van der Waals surface area (Å²) in [7, 11) is 0. The zero-order valence-corrected chi connectivity index (χ0v) is 15.7. The van der Waals surface area contributed by atoms with Crippen LogP contribution in [0.5, 0.6) is 0 Å². The van der Waals surface area contributed by atoms with Gasteiger partial charge in [-0.25, -0.2) is 13.2 Å². The Labute approximate surface area is 165 Å². The van der Waals surface area contributed by atoms with Gasteiger partial charge in [-0.05, 0) is 36.6 Å². The molecule has 1 aliphatic carbocycles. The topological polar surface area (TPSA) is 53.7 Å². The average molecular weight is 402 g/mol. The van der Waals surface area contributed by atoms with Crippen molar-refractivity contribution in [2.75, 3.05) is 18.0 Å². The summed E-state index contributed by atoms with van der Waals surface area (Å²) in [5.41, 5.74) is 1.34. The number of piperidine rings is 1. The highest BCUT2D eigenvalue weighted by Crippen LogP contribution is 2.50. The Morgan fingerprint density at radius 1 is 1.07 bits per heavy atom. The van der Waals surface area contributed by atoms with E-state index in [0.717, 1.165) is 11.3 Å². The van der Waals surface area contributed by atoms with E-state index in [9.17, 15) is 18.3 Å². The van der Waals surface area contributed by atoms with Crippen LogP contribution in [-0.4, -0.2) is 38.7 Å². The fourth-order valence-corrected chi connectivity index (χ4v) is 4.16. The fourth-order valence-electron chi connectivity index (χ4n) is 4.16. The highest BCUT2D eigenvalue weighted by atomic mass is 19.3. The number of nitrogens with zero attached hydrogens (tertiary/aromatic N) is 4. The second-order valence-corrected chi connectivity index (χ2v) is 8.12. The van der Waals surface area contributed by atoms with Gasteiger partial charge in [-0.3, -0.25) is 4.40 Å². The van der Waals surface area contributed by atoms with E-state index in [0.29, 0.717) is 37.4 Å². The van der Waals surface area contributed by atoms with Gasteiger partial charge in [0.25, 0.3) is 5.92 Å². The number of benzene rings is 1. The van der Waals surface area contributed by atoms with E-state index in [-0.39, 0.29) is 18.7 Å². The van der Waals surface area contributed by atoms with Crippen molar-refractivity contribution >= 4 is 11.3 Å². The van der Waals surface area contributed by atoms with Crippen LogP contribution >= 0.6 is 0 Å². The van der Waals surface area contributed by atoms with Gasteiger partial charge >= 0.3 is 0 Å². The van der Waals surface area contributed by atoms with Crippen LogP contribution in [0.2, 0.25) is 0 Å². The van der Waals surface area contributed by atoms with Crippen molar-refractivity contribution < 1.29 is 18.3 Å². The quantitative estimate of drug-likeness (QED) is 0.725. The van der Waals surface area contributed by atoms with E-state index in [1.54, 1.807) is 16.5 Å². The molecule has 5 nitrogen and oxygen atoms in total. The molecule has 3 aromatic rings. The summed E-state index contributed by atoms with van der Waals surface area (Å²) in [5, 5.41) is 19.2. The van der Waals surface area contributed by atoms with E-state index in [2.05, 4.69) is 15.1 Å². The molecule has 2 fully saturated rings. The predicted molar refractivity (Wildman–Crippen MR) is 101 cm³/mol. The van der Waals surface area contributed by atoms with Gasteiger partial charge in [0.2, 0.25) is 0 Å². The summed E-state index contributed by atoms with van der Waals surface area (Å²) >= 11 is 0. The minimum Gasteiger partial charge on any atom is -0.385 e.